The maximum absolute atomic E-state index is 12.2. The zero-order valence-electron chi connectivity index (χ0n) is 13.0. The lowest BCUT2D eigenvalue weighted by molar-refractivity contribution is 0.0941. The average molecular weight is 466 g/mol. The van der Waals surface area contributed by atoms with E-state index in [9.17, 15) is 9.90 Å². The Labute approximate surface area is 161 Å². The van der Waals surface area contributed by atoms with Gasteiger partial charge in [0.2, 0.25) is 0 Å². The van der Waals surface area contributed by atoms with E-state index < -0.39 is 0 Å². The van der Waals surface area contributed by atoms with Crippen LogP contribution in [0.5, 0.6) is 5.75 Å². The van der Waals surface area contributed by atoms with Crippen molar-refractivity contribution in [2.75, 3.05) is 0 Å². The number of aromatic hydroxyl groups is 1. The van der Waals surface area contributed by atoms with Crippen molar-refractivity contribution in [3.05, 3.63) is 80.1 Å². The van der Waals surface area contributed by atoms with Crippen molar-refractivity contribution in [3.63, 3.8) is 0 Å². The summed E-state index contributed by atoms with van der Waals surface area (Å²) in [5.41, 5.74) is 2.16. The fourth-order valence-electron chi connectivity index (χ4n) is 2.29. The van der Waals surface area contributed by atoms with Crippen LogP contribution in [0.4, 0.5) is 0 Å². The second-order valence-electron chi connectivity index (χ2n) is 5.43. The number of nitrogens with one attached hydrogen (secondary N) is 1. The van der Waals surface area contributed by atoms with Gasteiger partial charge in [0.25, 0.3) is 5.91 Å². The molecule has 7 heteroatoms. The number of hydrogen-bond donors (Lipinski definition) is 2. The number of benzene rings is 2. The minimum absolute atomic E-state index is 0.141. The Morgan fingerprint density at radius 1 is 1.08 bits per heavy atom. The summed E-state index contributed by atoms with van der Waals surface area (Å²) in [6.45, 7) is 0.430. The van der Waals surface area contributed by atoms with Crippen molar-refractivity contribution in [2.45, 2.75) is 13.0 Å². The van der Waals surface area contributed by atoms with E-state index in [1.165, 1.54) is 0 Å². The molecule has 1 amide bonds. The molecule has 3 rings (SSSR count). The zero-order chi connectivity index (χ0) is 17.8. The molecule has 0 saturated carbocycles. The van der Waals surface area contributed by atoms with Crippen molar-refractivity contribution >= 4 is 37.8 Å². The average Bonchev–Trinajstić information content (AvgIpc) is 3.07. The topological polar surface area (TPSA) is 75.4 Å². The molecule has 0 spiro atoms. The minimum Gasteiger partial charge on any atom is -0.506 e. The molecule has 0 aliphatic heterocycles. The lowest BCUT2D eigenvalue weighted by Crippen LogP contribution is -2.22. The maximum Gasteiger partial charge on any atom is 0.273 e. The smallest absolute Gasteiger partial charge is 0.273 e. The number of phenolic OH excluding ortho intramolecular Hbond substituents is 1. The third kappa shape index (κ3) is 4.49. The summed E-state index contributed by atoms with van der Waals surface area (Å²) in [5.74, 6) is 0.420. The monoisotopic (exact) mass is 464 g/mol. The van der Waals surface area contributed by atoms with Gasteiger partial charge in [-0.1, -0.05) is 35.5 Å². The predicted molar refractivity (Wildman–Crippen MR) is 100 cm³/mol. The van der Waals surface area contributed by atoms with Crippen LogP contribution < -0.4 is 5.32 Å². The molecule has 0 unspecified atom stereocenters. The highest BCUT2D eigenvalue weighted by Crippen LogP contribution is 2.34. The second-order valence-corrected chi connectivity index (χ2v) is 7.14. The van der Waals surface area contributed by atoms with Crippen molar-refractivity contribution in [1.29, 1.82) is 0 Å². The molecule has 128 valence electrons. The van der Waals surface area contributed by atoms with Crippen LogP contribution in [0.3, 0.4) is 0 Å². The summed E-state index contributed by atoms with van der Waals surface area (Å²) in [7, 11) is 0. The van der Waals surface area contributed by atoms with Gasteiger partial charge in [-0.15, -0.1) is 0 Å². The predicted octanol–water partition coefficient (Wildman–Crippen LogP) is 4.43. The summed E-state index contributed by atoms with van der Waals surface area (Å²) in [4.78, 5) is 12.2. The Kier molecular flexibility index (Phi) is 5.55. The number of nitrogens with zero attached hydrogens (tertiary/aromatic N) is 1. The number of aromatic nitrogens is 1. The lowest BCUT2D eigenvalue weighted by Gasteiger charge is -2.04. The van der Waals surface area contributed by atoms with Gasteiger partial charge in [0.1, 0.15) is 11.5 Å². The van der Waals surface area contributed by atoms with Crippen molar-refractivity contribution < 1.29 is 14.4 Å². The fourth-order valence-corrected chi connectivity index (χ4v) is 3.57. The summed E-state index contributed by atoms with van der Waals surface area (Å²) >= 11 is 6.58. The zero-order valence-corrected chi connectivity index (χ0v) is 16.2. The van der Waals surface area contributed by atoms with E-state index in [0.717, 1.165) is 11.1 Å². The van der Waals surface area contributed by atoms with Crippen molar-refractivity contribution in [2.24, 2.45) is 0 Å². The number of carbonyl (C=O) groups excluding carboxylic acids is 1. The number of hydrogen-bond acceptors (Lipinski definition) is 4. The molecule has 5 nitrogen and oxygen atoms in total. The first-order valence-electron chi connectivity index (χ1n) is 7.47. The van der Waals surface area contributed by atoms with Crippen LogP contribution >= 0.6 is 31.9 Å². The number of halogens is 2. The minimum atomic E-state index is -0.285. The Balaban J connectivity index is 1.65. The maximum atomic E-state index is 12.2. The molecular formula is C18H14Br2N2O3. The summed E-state index contributed by atoms with van der Waals surface area (Å²) in [6.07, 6.45) is 0.455. The molecule has 0 aliphatic rings. The van der Waals surface area contributed by atoms with Crippen LogP contribution in [-0.2, 0) is 13.0 Å². The Hall–Kier alpha value is -2.12. The second kappa shape index (κ2) is 7.84. The fraction of sp³-hybridized carbons (Fsp3) is 0.111. The first kappa shape index (κ1) is 17.7. The van der Waals surface area contributed by atoms with Gasteiger partial charge >= 0.3 is 0 Å². The van der Waals surface area contributed by atoms with Crippen LogP contribution in [0.1, 0.15) is 27.4 Å². The number of phenols is 1. The van der Waals surface area contributed by atoms with Gasteiger partial charge in [-0.25, -0.2) is 0 Å². The van der Waals surface area contributed by atoms with Crippen molar-refractivity contribution in [3.8, 4) is 5.75 Å². The van der Waals surface area contributed by atoms with Crippen LogP contribution in [0.15, 0.2) is 62.0 Å². The molecular weight excluding hydrogens is 452 g/mol. The third-order valence-corrected chi connectivity index (χ3v) is 4.75. The van der Waals surface area contributed by atoms with Crippen LogP contribution in [-0.4, -0.2) is 16.2 Å². The molecule has 0 radical (unpaired) electrons. The van der Waals surface area contributed by atoms with Gasteiger partial charge in [0.15, 0.2) is 5.69 Å². The quantitative estimate of drug-likeness (QED) is 0.584. The Bertz CT molecular complexity index is 871. The molecule has 1 aromatic heterocycles. The van der Waals surface area contributed by atoms with Gasteiger partial charge in [-0.3, -0.25) is 4.79 Å². The van der Waals surface area contributed by atoms with Gasteiger partial charge in [0, 0.05) is 19.0 Å². The molecule has 0 fully saturated rings. The molecule has 1 heterocycles. The highest BCUT2D eigenvalue weighted by molar-refractivity contribution is 9.11. The van der Waals surface area contributed by atoms with Crippen molar-refractivity contribution in [1.82, 2.24) is 10.5 Å². The van der Waals surface area contributed by atoms with Crippen LogP contribution in [0.25, 0.3) is 0 Å². The molecule has 0 bridgehead atoms. The van der Waals surface area contributed by atoms with E-state index >= 15 is 0 Å². The van der Waals surface area contributed by atoms with Gasteiger partial charge in [0.05, 0.1) is 8.95 Å². The number of rotatable bonds is 5. The molecule has 0 atom stereocenters. The summed E-state index contributed by atoms with van der Waals surface area (Å²) in [5, 5.41) is 16.4. The normalized spacial score (nSPS) is 10.6. The molecule has 25 heavy (non-hydrogen) atoms. The first-order chi connectivity index (χ1) is 12.0. The Morgan fingerprint density at radius 3 is 2.44 bits per heavy atom. The van der Waals surface area contributed by atoms with Gasteiger partial charge in [-0.2, -0.15) is 0 Å². The number of amides is 1. The summed E-state index contributed by atoms with van der Waals surface area (Å²) in [6, 6.07) is 14.8. The van der Waals surface area contributed by atoms with Crippen LogP contribution in [0.2, 0.25) is 0 Å². The van der Waals surface area contributed by atoms with E-state index in [0.29, 0.717) is 27.7 Å². The third-order valence-electron chi connectivity index (χ3n) is 3.54. The molecule has 0 aliphatic carbocycles. The molecule has 2 N–H and O–H groups in total. The van der Waals surface area contributed by atoms with E-state index in [1.807, 2.05) is 30.3 Å². The van der Waals surface area contributed by atoms with Crippen LogP contribution in [0, 0.1) is 0 Å². The SMILES string of the molecule is O=C(NCc1ccccc1)c1cc(Cc2cc(Br)c(O)c(Br)c2)on1. The molecule has 0 saturated heterocycles. The number of carbonyl (C=O) groups is 1. The van der Waals surface area contributed by atoms with E-state index in [-0.39, 0.29) is 17.4 Å². The lowest BCUT2D eigenvalue weighted by atomic mass is 10.1. The highest BCUT2D eigenvalue weighted by atomic mass is 79.9. The van der Waals surface area contributed by atoms with E-state index in [2.05, 4.69) is 42.3 Å². The standard InChI is InChI=1S/C18H14Br2N2O3/c19-14-7-12(8-15(20)17(14)23)6-13-9-16(22-25-13)18(24)21-10-11-4-2-1-3-5-11/h1-5,7-9,23H,6,10H2,(H,21,24). The van der Waals surface area contributed by atoms with E-state index in [4.69, 9.17) is 4.52 Å². The summed E-state index contributed by atoms with van der Waals surface area (Å²) < 4.78 is 6.41. The van der Waals surface area contributed by atoms with Gasteiger partial charge in [-0.05, 0) is 55.1 Å². The largest absolute Gasteiger partial charge is 0.506 e. The highest BCUT2D eigenvalue weighted by Gasteiger charge is 2.14. The molecule has 3 aromatic rings. The first-order valence-corrected chi connectivity index (χ1v) is 9.06. The molecule has 2 aromatic carbocycles. The Morgan fingerprint density at radius 2 is 1.76 bits per heavy atom. The van der Waals surface area contributed by atoms with E-state index in [1.54, 1.807) is 18.2 Å². The van der Waals surface area contributed by atoms with Gasteiger partial charge < -0.3 is 14.9 Å².